The normalized spacial score (nSPS) is 19.4. The zero-order valence-electron chi connectivity index (χ0n) is 18.3. The molecule has 3 rings (SSSR count). The summed E-state index contributed by atoms with van der Waals surface area (Å²) in [6.07, 6.45) is -1.76. The lowest BCUT2D eigenvalue weighted by atomic mass is 10.0. The number of carbonyl (C=O) groups is 2. The van der Waals surface area contributed by atoms with E-state index in [0.29, 0.717) is 0 Å². The molecule has 2 aromatic rings. The maximum absolute atomic E-state index is 14.9. The van der Waals surface area contributed by atoms with Crippen LogP contribution < -0.4 is 10.1 Å². The number of alkyl halides is 1. The molecule has 1 aliphatic heterocycles. The molecule has 12 heteroatoms. The molecular weight excluding hydrogens is 477 g/mol. The fourth-order valence-corrected chi connectivity index (χ4v) is 4.86. The highest BCUT2D eigenvalue weighted by Crippen LogP contribution is 2.25. The third kappa shape index (κ3) is 5.50. The van der Waals surface area contributed by atoms with Crippen LogP contribution in [0.1, 0.15) is 30.6 Å². The van der Waals surface area contributed by atoms with Crippen LogP contribution in [0.3, 0.4) is 0 Å². The van der Waals surface area contributed by atoms with Gasteiger partial charge in [-0.2, -0.15) is 4.31 Å². The van der Waals surface area contributed by atoms with Gasteiger partial charge in [0.15, 0.2) is 17.2 Å². The lowest BCUT2D eigenvalue weighted by Gasteiger charge is -2.36. The number of piperidine rings is 1. The third-order valence-electron chi connectivity index (χ3n) is 5.37. The molecule has 34 heavy (non-hydrogen) atoms. The van der Waals surface area contributed by atoms with Crippen molar-refractivity contribution in [3.05, 3.63) is 59.7 Å². The summed E-state index contributed by atoms with van der Waals surface area (Å²) in [5.74, 6) is -4.24. The number of carboxylic acid groups (broad SMARTS) is 1. The van der Waals surface area contributed by atoms with Crippen LogP contribution >= 0.6 is 0 Å². The van der Waals surface area contributed by atoms with Gasteiger partial charge in [-0.05, 0) is 56.7 Å². The minimum Gasteiger partial charge on any atom is -0.478 e. The van der Waals surface area contributed by atoms with Gasteiger partial charge in [-0.15, -0.1) is 0 Å². The van der Waals surface area contributed by atoms with Gasteiger partial charge in [0.2, 0.25) is 10.0 Å². The minimum absolute atomic E-state index is 0.0272. The molecule has 184 valence electrons. The summed E-state index contributed by atoms with van der Waals surface area (Å²) in [5, 5.41) is 11.4. The summed E-state index contributed by atoms with van der Waals surface area (Å²) >= 11 is 0. The number of aromatic carboxylic acids is 1. The number of benzene rings is 2. The van der Waals surface area contributed by atoms with Crippen molar-refractivity contribution in [2.45, 2.75) is 43.0 Å². The van der Waals surface area contributed by atoms with Crippen LogP contribution in [-0.2, 0) is 14.8 Å². The average Bonchev–Trinajstić information content (AvgIpc) is 2.77. The molecule has 2 atom stereocenters. The number of amides is 1. The SMILES string of the molecule is CC(C)(Oc1ccc(F)c(F)c1)C(=O)N[C@@H]1CCN(S(=O)(=O)c2ccc(C(=O)O)cc2)C[C@H]1F. The first-order valence-electron chi connectivity index (χ1n) is 10.2. The molecule has 0 spiro atoms. The first-order chi connectivity index (χ1) is 15.8. The second-order valence-corrected chi connectivity index (χ2v) is 10.2. The van der Waals surface area contributed by atoms with Crippen molar-refractivity contribution >= 4 is 21.9 Å². The number of carboxylic acids is 1. The van der Waals surface area contributed by atoms with Crippen molar-refractivity contribution < 1.29 is 41.0 Å². The van der Waals surface area contributed by atoms with E-state index in [1.54, 1.807) is 0 Å². The van der Waals surface area contributed by atoms with Gasteiger partial charge < -0.3 is 15.2 Å². The predicted molar refractivity (Wildman–Crippen MR) is 115 cm³/mol. The number of nitrogens with one attached hydrogen (secondary N) is 1. The van der Waals surface area contributed by atoms with Crippen molar-refractivity contribution in [1.82, 2.24) is 9.62 Å². The Morgan fingerprint density at radius 3 is 2.32 bits per heavy atom. The highest BCUT2D eigenvalue weighted by Gasteiger charge is 2.39. The lowest BCUT2D eigenvalue weighted by Crippen LogP contribution is -2.57. The average molecular weight is 500 g/mol. The maximum atomic E-state index is 14.9. The molecule has 0 unspecified atom stereocenters. The summed E-state index contributed by atoms with van der Waals surface area (Å²) in [5.41, 5.74) is -1.64. The van der Waals surface area contributed by atoms with Gasteiger partial charge in [0, 0.05) is 19.2 Å². The standard InChI is InChI=1S/C22H23F3N2O6S/c1-22(2,33-14-5-8-16(23)17(24)11-14)21(30)26-19-9-10-27(12-18(19)25)34(31,32)15-6-3-13(4-7-15)20(28)29/h3-8,11,18-19H,9-10,12H2,1-2H3,(H,26,30)(H,28,29)/t18-,19-/m1/s1. The van der Waals surface area contributed by atoms with Crippen LogP contribution in [0.15, 0.2) is 47.4 Å². The van der Waals surface area contributed by atoms with Crippen LogP contribution in [-0.4, -0.2) is 60.6 Å². The van der Waals surface area contributed by atoms with E-state index < -0.39 is 57.9 Å². The van der Waals surface area contributed by atoms with Crippen LogP contribution in [0.25, 0.3) is 0 Å². The molecule has 0 radical (unpaired) electrons. The van der Waals surface area contributed by atoms with Gasteiger partial charge in [-0.3, -0.25) is 4.79 Å². The minimum atomic E-state index is -4.07. The van der Waals surface area contributed by atoms with E-state index in [4.69, 9.17) is 9.84 Å². The maximum Gasteiger partial charge on any atom is 0.335 e. The van der Waals surface area contributed by atoms with Gasteiger partial charge in [0.05, 0.1) is 16.5 Å². The number of carbonyl (C=O) groups excluding carboxylic acids is 1. The summed E-state index contributed by atoms with van der Waals surface area (Å²) in [6, 6.07) is 6.35. The van der Waals surface area contributed by atoms with E-state index in [1.807, 2.05) is 0 Å². The van der Waals surface area contributed by atoms with Gasteiger partial charge in [-0.25, -0.2) is 26.4 Å². The molecule has 1 heterocycles. The fourth-order valence-electron chi connectivity index (χ4n) is 3.40. The first-order valence-corrected chi connectivity index (χ1v) is 11.7. The second kappa shape index (κ2) is 9.63. The first kappa shape index (κ1) is 25.5. The van der Waals surface area contributed by atoms with Crippen molar-refractivity contribution in [3.63, 3.8) is 0 Å². The molecule has 2 N–H and O–H groups in total. The van der Waals surface area contributed by atoms with Crippen molar-refractivity contribution in [2.24, 2.45) is 0 Å². The largest absolute Gasteiger partial charge is 0.478 e. The van der Waals surface area contributed by atoms with Crippen LogP contribution in [0.4, 0.5) is 13.2 Å². The summed E-state index contributed by atoms with van der Waals surface area (Å²) < 4.78 is 73.3. The number of sulfonamides is 1. The van der Waals surface area contributed by atoms with Gasteiger partial charge in [0.1, 0.15) is 11.9 Å². The molecule has 1 aliphatic rings. The quantitative estimate of drug-likeness (QED) is 0.605. The Morgan fingerprint density at radius 1 is 1.12 bits per heavy atom. The molecule has 1 fully saturated rings. The van der Waals surface area contributed by atoms with E-state index >= 15 is 0 Å². The highest BCUT2D eigenvalue weighted by atomic mass is 32.2. The molecule has 1 saturated heterocycles. The van der Waals surface area contributed by atoms with Crippen LogP contribution in [0.2, 0.25) is 0 Å². The second-order valence-electron chi connectivity index (χ2n) is 8.27. The molecule has 0 bridgehead atoms. The number of rotatable bonds is 7. The molecule has 1 amide bonds. The zero-order valence-corrected chi connectivity index (χ0v) is 19.1. The van der Waals surface area contributed by atoms with Gasteiger partial charge in [-0.1, -0.05) is 0 Å². The zero-order chi connectivity index (χ0) is 25.3. The Morgan fingerprint density at radius 2 is 1.76 bits per heavy atom. The smallest absolute Gasteiger partial charge is 0.335 e. The third-order valence-corrected chi connectivity index (χ3v) is 7.25. The molecule has 0 aliphatic carbocycles. The van der Waals surface area contributed by atoms with E-state index in [0.717, 1.165) is 46.8 Å². The highest BCUT2D eigenvalue weighted by molar-refractivity contribution is 7.89. The Balaban J connectivity index is 1.63. The van der Waals surface area contributed by atoms with Gasteiger partial charge in [0.25, 0.3) is 5.91 Å². The predicted octanol–water partition coefficient (Wildman–Crippen LogP) is 2.74. The molecule has 2 aromatic carbocycles. The fraction of sp³-hybridized carbons (Fsp3) is 0.364. The number of nitrogens with zero attached hydrogens (tertiary/aromatic N) is 1. The Bertz CT molecular complexity index is 1190. The Kier molecular flexibility index (Phi) is 7.22. The van der Waals surface area contributed by atoms with Crippen LogP contribution in [0, 0.1) is 11.6 Å². The van der Waals surface area contributed by atoms with E-state index in [2.05, 4.69) is 5.32 Å². The number of hydrogen-bond acceptors (Lipinski definition) is 5. The number of ether oxygens (including phenoxy) is 1. The summed E-state index contributed by atoms with van der Waals surface area (Å²) in [6.45, 7) is 2.14. The number of halogens is 3. The summed E-state index contributed by atoms with van der Waals surface area (Å²) in [7, 11) is -4.07. The lowest BCUT2D eigenvalue weighted by molar-refractivity contribution is -0.135. The topological polar surface area (TPSA) is 113 Å². The molecule has 8 nitrogen and oxygen atoms in total. The molecule has 0 aromatic heterocycles. The van der Waals surface area contributed by atoms with Crippen molar-refractivity contribution in [2.75, 3.05) is 13.1 Å². The monoisotopic (exact) mass is 500 g/mol. The van der Waals surface area contributed by atoms with Crippen LogP contribution in [0.5, 0.6) is 5.75 Å². The van der Waals surface area contributed by atoms with E-state index in [-0.39, 0.29) is 29.2 Å². The van der Waals surface area contributed by atoms with E-state index in [1.165, 1.54) is 13.8 Å². The Labute approximate surface area is 194 Å². The molecule has 0 saturated carbocycles. The van der Waals surface area contributed by atoms with Crippen molar-refractivity contribution in [1.29, 1.82) is 0 Å². The van der Waals surface area contributed by atoms with Crippen molar-refractivity contribution in [3.8, 4) is 5.75 Å². The molecular formula is C22H23F3N2O6S. The Hall–Kier alpha value is -3.12. The number of hydrogen-bond donors (Lipinski definition) is 2. The van der Waals surface area contributed by atoms with Gasteiger partial charge >= 0.3 is 5.97 Å². The van der Waals surface area contributed by atoms with E-state index in [9.17, 15) is 31.2 Å². The summed E-state index contributed by atoms with van der Waals surface area (Å²) in [4.78, 5) is 23.4.